The van der Waals surface area contributed by atoms with Crippen molar-refractivity contribution in [1.82, 2.24) is 4.57 Å². The quantitative estimate of drug-likeness (QED) is 0.461. The van der Waals surface area contributed by atoms with Crippen molar-refractivity contribution in [2.75, 3.05) is 24.5 Å². The zero-order chi connectivity index (χ0) is 20.2. The van der Waals surface area contributed by atoms with Crippen LogP contribution in [0.2, 0.25) is 5.02 Å². The van der Waals surface area contributed by atoms with E-state index in [0.29, 0.717) is 25.0 Å². The second-order valence-electron chi connectivity index (χ2n) is 7.34. The number of aromatic nitrogens is 1. The van der Waals surface area contributed by atoms with Crippen LogP contribution >= 0.6 is 11.6 Å². The Morgan fingerprint density at radius 1 is 1.39 bits per heavy atom. The van der Waals surface area contributed by atoms with E-state index in [-0.39, 0.29) is 33.7 Å². The number of fused-ring (bicyclic) bond motifs is 1. The van der Waals surface area contributed by atoms with Gasteiger partial charge in [-0.1, -0.05) is 11.6 Å². The highest BCUT2D eigenvalue weighted by Crippen LogP contribution is 2.42. The normalized spacial score (nSPS) is 19.4. The fourth-order valence-corrected chi connectivity index (χ4v) is 4.16. The summed E-state index contributed by atoms with van der Waals surface area (Å²) in [4.78, 5) is 36.7. The lowest BCUT2D eigenvalue weighted by molar-refractivity contribution is -0.465. The van der Waals surface area contributed by atoms with Gasteiger partial charge in [0.15, 0.2) is 0 Å². The molecular weight excluding hydrogens is 391 g/mol. The number of rotatable bonds is 5. The summed E-state index contributed by atoms with van der Waals surface area (Å²) in [5.41, 5.74) is 5.41. The summed E-state index contributed by atoms with van der Waals surface area (Å²) in [6, 6.07) is 1.01. The average Bonchev–Trinajstić information content (AvgIpc) is 3.37. The van der Waals surface area contributed by atoms with E-state index in [1.54, 1.807) is 9.47 Å². The van der Waals surface area contributed by atoms with E-state index in [1.807, 2.05) is 0 Å². The molecule has 1 aliphatic carbocycles. The van der Waals surface area contributed by atoms with Gasteiger partial charge in [0, 0.05) is 36.3 Å². The number of benzene rings is 1. The number of nitro groups is 1. The number of halogens is 2. The van der Waals surface area contributed by atoms with E-state index in [2.05, 4.69) is 0 Å². The van der Waals surface area contributed by atoms with Crippen LogP contribution in [0.1, 0.15) is 35.7 Å². The van der Waals surface area contributed by atoms with Crippen LogP contribution in [0.4, 0.5) is 10.1 Å². The lowest BCUT2D eigenvalue weighted by Gasteiger charge is -2.23. The molecule has 8 nitrogen and oxygen atoms in total. The van der Waals surface area contributed by atoms with E-state index in [9.17, 15) is 24.1 Å². The zero-order valence-corrected chi connectivity index (χ0v) is 15.6. The summed E-state index contributed by atoms with van der Waals surface area (Å²) < 4.78 is 16.6. The molecule has 0 unspecified atom stereocenters. The van der Waals surface area contributed by atoms with Gasteiger partial charge < -0.3 is 15.2 Å². The molecule has 10 heteroatoms. The maximum Gasteiger partial charge on any atom is 0.266 e. The Bertz CT molecular complexity index is 1070. The number of carbonyl (C=O) groups is 1. The fourth-order valence-electron chi connectivity index (χ4n) is 3.75. The highest BCUT2D eigenvalue weighted by Gasteiger charge is 2.32. The lowest BCUT2D eigenvalue weighted by Crippen LogP contribution is -2.28. The number of hydrogen-bond acceptors (Lipinski definition) is 6. The van der Waals surface area contributed by atoms with Crippen LogP contribution in [0.3, 0.4) is 0 Å². The molecule has 1 saturated heterocycles. The van der Waals surface area contributed by atoms with Gasteiger partial charge in [0.25, 0.3) is 6.54 Å². The van der Waals surface area contributed by atoms with Crippen molar-refractivity contribution >= 4 is 34.0 Å². The molecule has 2 aliphatic rings. The Balaban J connectivity index is 1.95. The minimum Gasteiger partial charge on any atom is -0.366 e. The predicted molar refractivity (Wildman–Crippen MR) is 102 cm³/mol. The van der Waals surface area contributed by atoms with Gasteiger partial charge in [-0.2, -0.15) is 0 Å². The van der Waals surface area contributed by atoms with Crippen LogP contribution in [-0.2, 0) is 0 Å². The minimum atomic E-state index is -0.995. The highest BCUT2D eigenvalue weighted by molar-refractivity contribution is 6.38. The number of hydrogen-bond donors (Lipinski definition) is 1. The van der Waals surface area contributed by atoms with Crippen LogP contribution in [0, 0.1) is 15.9 Å². The standard InChI is InChI=1S/C18H18ClFN4O4/c19-15-16-11(5-13(20)17(15)22-4-3-9(21)6-22)18(26)12(14(25)8-24(27)28)7-23(16)10-1-2-10/h5,7,9-10H,1-4,6,8,21H2/t9-/m1/s1. The first-order valence-electron chi connectivity index (χ1n) is 9.00. The fraction of sp³-hybridized carbons (Fsp3) is 0.444. The second kappa shape index (κ2) is 6.82. The number of nitrogens with zero attached hydrogens (tertiary/aromatic N) is 3. The Morgan fingerprint density at radius 3 is 2.68 bits per heavy atom. The summed E-state index contributed by atoms with van der Waals surface area (Å²) in [5.74, 6) is -1.58. The first-order chi connectivity index (χ1) is 13.3. The molecule has 0 bridgehead atoms. The smallest absolute Gasteiger partial charge is 0.266 e. The van der Waals surface area contributed by atoms with Crippen molar-refractivity contribution < 1.29 is 14.1 Å². The monoisotopic (exact) mass is 408 g/mol. The van der Waals surface area contributed by atoms with Gasteiger partial charge in [0.1, 0.15) is 5.82 Å². The molecule has 1 saturated carbocycles. The molecule has 2 heterocycles. The second-order valence-corrected chi connectivity index (χ2v) is 7.71. The number of Topliss-reactive ketones (excluding diaryl/α,β-unsaturated/α-hetero) is 1. The third-order valence-electron chi connectivity index (χ3n) is 5.24. The lowest BCUT2D eigenvalue weighted by atomic mass is 10.1. The molecule has 2 fully saturated rings. The van der Waals surface area contributed by atoms with Crippen molar-refractivity contribution in [3.05, 3.63) is 49.0 Å². The van der Waals surface area contributed by atoms with Crippen LogP contribution in [0.5, 0.6) is 0 Å². The first-order valence-corrected chi connectivity index (χ1v) is 9.38. The molecule has 0 spiro atoms. The van der Waals surface area contributed by atoms with Gasteiger partial charge in [-0.3, -0.25) is 19.7 Å². The van der Waals surface area contributed by atoms with E-state index in [0.717, 1.165) is 18.9 Å². The molecule has 1 aromatic carbocycles. The van der Waals surface area contributed by atoms with Crippen LogP contribution < -0.4 is 16.1 Å². The summed E-state index contributed by atoms with van der Waals surface area (Å²) in [6.07, 6.45) is 3.67. The Kier molecular flexibility index (Phi) is 4.59. The summed E-state index contributed by atoms with van der Waals surface area (Å²) in [6.45, 7) is 0.0109. The van der Waals surface area contributed by atoms with Crippen LogP contribution in [0.15, 0.2) is 17.1 Å². The van der Waals surface area contributed by atoms with Crippen molar-refractivity contribution in [2.24, 2.45) is 5.73 Å². The number of carbonyl (C=O) groups excluding carboxylic acids is 1. The van der Waals surface area contributed by atoms with Gasteiger partial charge in [0.2, 0.25) is 11.2 Å². The molecular formula is C18H18ClFN4O4. The van der Waals surface area contributed by atoms with Gasteiger partial charge in [-0.15, -0.1) is 0 Å². The van der Waals surface area contributed by atoms with Crippen LogP contribution in [-0.4, -0.2) is 40.9 Å². The zero-order valence-electron chi connectivity index (χ0n) is 14.9. The van der Waals surface area contributed by atoms with Crippen molar-refractivity contribution in [1.29, 1.82) is 0 Å². The number of nitrogens with two attached hydrogens (primary N) is 1. The summed E-state index contributed by atoms with van der Waals surface area (Å²) >= 11 is 6.56. The highest BCUT2D eigenvalue weighted by atomic mass is 35.5. The van der Waals surface area contributed by atoms with E-state index >= 15 is 0 Å². The maximum absolute atomic E-state index is 14.9. The van der Waals surface area contributed by atoms with E-state index in [1.165, 1.54) is 6.20 Å². The molecule has 1 aromatic heterocycles. The largest absolute Gasteiger partial charge is 0.366 e. The van der Waals surface area contributed by atoms with Crippen molar-refractivity contribution in [3.8, 4) is 0 Å². The van der Waals surface area contributed by atoms with E-state index < -0.39 is 28.5 Å². The van der Waals surface area contributed by atoms with Gasteiger partial charge >= 0.3 is 0 Å². The first kappa shape index (κ1) is 18.8. The number of ketones is 1. The summed E-state index contributed by atoms with van der Waals surface area (Å²) in [7, 11) is 0. The number of anilines is 1. The van der Waals surface area contributed by atoms with Crippen LogP contribution in [0.25, 0.3) is 10.9 Å². The minimum absolute atomic E-state index is 0.0157. The summed E-state index contributed by atoms with van der Waals surface area (Å²) in [5, 5.41) is 10.7. The molecule has 2 N–H and O–H groups in total. The molecule has 4 rings (SSSR count). The Labute approximate surface area is 163 Å². The van der Waals surface area contributed by atoms with Gasteiger partial charge in [-0.05, 0) is 25.3 Å². The molecule has 1 atom stereocenters. The van der Waals surface area contributed by atoms with Crippen molar-refractivity contribution in [2.45, 2.75) is 31.3 Å². The topological polar surface area (TPSA) is 111 Å². The Hall–Kier alpha value is -2.52. The predicted octanol–water partition coefficient (Wildman–Crippen LogP) is 2.13. The van der Waals surface area contributed by atoms with Crippen molar-refractivity contribution in [3.63, 3.8) is 0 Å². The third-order valence-corrected chi connectivity index (χ3v) is 5.60. The van der Waals surface area contributed by atoms with Gasteiger partial charge in [-0.25, -0.2) is 4.39 Å². The van der Waals surface area contributed by atoms with Gasteiger partial charge in [0.05, 0.1) is 27.2 Å². The Morgan fingerprint density at radius 2 is 2.11 bits per heavy atom. The molecule has 28 heavy (non-hydrogen) atoms. The molecule has 0 amide bonds. The molecule has 148 valence electrons. The maximum atomic E-state index is 14.9. The molecule has 2 aromatic rings. The number of pyridine rings is 1. The van der Waals surface area contributed by atoms with E-state index in [4.69, 9.17) is 17.3 Å². The molecule has 1 aliphatic heterocycles. The molecule has 0 radical (unpaired) electrons. The third kappa shape index (κ3) is 3.14. The SMILES string of the molecule is N[C@@H]1CCN(c2c(F)cc3c(=O)c(C(=O)C[N+](=O)[O-])cn(C4CC4)c3c2Cl)C1. The average molecular weight is 409 g/mol.